The first-order valence-electron chi connectivity index (χ1n) is 6.96. The van der Waals surface area contributed by atoms with E-state index in [-0.39, 0.29) is 12.5 Å². The summed E-state index contributed by atoms with van der Waals surface area (Å²) in [6.07, 6.45) is 3.18. The Balaban J connectivity index is 1.92. The molecule has 0 unspecified atom stereocenters. The molecule has 1 fully saturated rings. The Bertz CT molecular complexity index is 455. The highest BCUT2D eigenvalue weighted by molar-refractivity contribution is 5.78. The van der Waals surface area contributed by atoms with Crippen LogP contribution in [0.1, 0.15) is 32.3 Å². The fourth-order valence-electron chi connectivity index (χ4n) is 2.20. The Morgan fingerprint density at radius 2 is 2.16 bits per heavy atom. The van der Waals surface area contributed by atoms with Gasteiger partial charge >= 0.3 is 0 Å². The Kier molecular flexibility index (Phi) is 4.30. The lowest BCUT2D eigenvalue weighted by Crippen LogP contribution is -2.36. The predicted octanol–water partition coefficient (Wildman–Crippen LogP) is 2.22. The highest BCUT2D eigenvalue weighted by Gasteiger charge is 2.31. The van der Waals surface area contributed by atoms with Gasteiger partial charge in [0, 0.05) is 12.6 Å². The van der Waals surface area contributed by atoms with E-state index in [0.717, 1.165) is 25.8 Å². The van der Waals surface area contributed by atoms with Crippen molar-refractivity contribution in [3.05, 3.63) is 23.8 Å². The van der Waals surface area contributed by atoms with Gasteiger partial charge in [0.15, 0.2) is 6.61 Å². The fourth-order valence-corrected chi connectivity index (χ4v) is 2.20. The molecule has 1 aromatic rings. The van der Waals surface area contributed by atoms with Crippen LogP contribution in [-0.4, -0.2) is 30.0 Å². The summed E-state index contributed by atoms with van der Waals surface area (Å²) in [5, 5.41) is 0. The monoisotopic (exact) mass is 262 g/mol. The first-order valence-corrected chi connectivity index (χ1v) is 6.96. The molecular formula is C15H22N2O2. The van der Waals surface area contributed by atoms with E-state index in [1.54, 1.807) is 0 Å². The highest BCUT2D eigenvalue weighted by Crippen LogP contribution is 2.27. The van der Waals surface area contributed by atoms with Crippen molar-refractivity contribution in [2.75, 3.05) is 18.9 Å². The van der Waals surface area contributed by atoms with Gasteiger partial charge in [-0.15, -0.1) is 0 Å². The zero-order valence-corrected chi connectivity index (χ0v) is 11.7. The minimum absolute atomic E-state index is 0.0453. The number of nitrogen functional groups attached to an aromatic ring is 1. The maximum absolute atomic E-state index is 12.0. The molecule has 4 heteroatoms. The number of anilines is 1. The Morgan fingerprint density at radius 3 is 2.68 bits per heavy atom. The topological polar surface area (TPSA) is 55.6 Å². The van der Waals surface area contributed by atoms with E-state index in [0.29, 0.717) is 17.5 Å². The van der Waals surface area contributed by atoms with Gasteiger partial charge in [-0.2, -0.15) is 0 Å². The molecule has 1 aliphatic rings. The van der Waals surface area contributed by atoms with Crippen molar-refractivity contribution < 1.29 is 9.53 Å². The van der Waals surface area contributed by atoms with Crippen LogP contribution >= 0.6 is 0 Å². The van der Waals surface area contributed by atoms with E-state index in [1.807, 2.05) is 30.0 Å². The Morgan fingerprint density at radius 1 is 1.42 bits per heavy atom. The standard InChI is InChI=1S/C15H22N2O2/c1-3-11-5-8-14(13(16)9-11)19-10-15(18)17(4-2)12-6-7-12/h5,8-9,12H,3-4,6-7,10,16H2,1-2H3. The second-order valence-corrected chi connectivity index (χ2v) is 4.93. The summed E-state index contributed by atoms with van der Waals surface area (Å²) in [5.41, 5.74) is 7.68. The molecule has 2 rings (SSSR count). The van der Waals surface area contributed by atoms with Crippen LogP contribution in [0.25, 0.3) is 0 Å². The first-order chi connectivity index (χ1) is 9.15. The molecular weight excluding hydrogens is 240 g/mol. The molecule has 0 aromatic heterocycles. The molecule has 1 saturated carbocycles. The lowest BCUT2D eigenvalue weighted by Gasteiger charge is -2.20. The quantitative estimate of drug-likeness (QED) is 0.800. The minimum atomic E-state index is 0.0453. The number of rotatable bonds is 6. The number of nitrogens with two attached hydrogens (primary N) is 1. The van der Waals surface area contributed by atoms with Crippen LogP contribution in [0.4, 0.5) is 5.69 Å². The van der Waals surface area contributed by atoms with Crippen LogP contribution < -0.4 is 10.5 Å². The number of carbonyl (C=O) groups excluding carboxylic acids is 1. The molecule has 0 bridgehead atoms. The summed E-state index contributed by atoms with van der Waals surface area (Å²) in [7, 11) is 0. The second-order valence-electron chi connectivity index (χ2n) is 4.93. The number of benzene rings is 1. The predicted molar refractivity (Wildman–Crippen MR) is 76.1 cm³/mol. The molecule has 0 saturated heterocycles. The molecule has 1 aliphatic carbocycles. The third-order valence-corrected chi connectivity index (χ3v) is 3.48. The van der Waals surface area contributed by atoms with Gasteiger partial charge in [0.25, 0.3) is 5.91 Å². The molecule has 0 aliphatic heterocycles. The number of likely N-dealkylation sites (N-methyl/N-ethyl adjacent to an activating group) is 1. The van der Waals surface area contributed by atoms with Crippen LogP contribution in [0.15, 0.2) is 18.2 Å². The van der Waals surface area contributed by atoms with E-state index < -0.39 is 0 Å². The van der Waals surface area contributed by atoms with Gasteiger partial charge in [-0.25, -0.2) is 0 Å². The van der Waals surface area contributed by atoms with Gasteiger partial charge in [-0.3, -0.25) is 4.79 Å². The summed E-state index contributed by atoms with van der Waals surface area (Å²) >= 11 is 0. The van der Waals surface area contributed by atoms with Crippen LogP contribution in [-0.2, 0) is 11.2 Å². The second kappa shape index (κ2) is 5.95. The summed E-state index contributed by atoms with van der Waals surface area (Å²) in [5.74, 6) is 0.640. The molecule has 19 heavy (non-hydrogen) atoms. The van der Waals surface area contributed by atoms with Crippen molar-refractivity contribution in [2.45, 2.75) is 39.2 Å². The number of aryl methyl sites for hydroxylation is 1. The van der Waals surface area contributed by atoms with E-state index in [4.69, 9.17) is 10.5 Å². The summed E-state index contributed by atoms with van der Waals surface area (Å²) in [4.78, 5) is 13.9. The molecule has 1 aromatic carbocycles. The van der Waals surface area contributed by atoms with Crippen LogP contribution in [0.2, 0.25) is 0 Å². The lowest BCUT2D eigenvalue weighted by atomic mass is 10.1. The van der Waals surface area contributed by atoms with Crippen molar-refractivity contribution in [2.24, 2.45) is 0 Å². The number of hydrogen-bond acceptors (Lipinski definition) is 3. The number of amides is 1. The van der Waals surface area contributed by atoms with E-state index in [1.165, 1.54) is 5.56 Å². The number of ether oxygens (including phenoxy) is 1. The van der Waals surface area contributed by atoms with Crippen LogP contribution in [0.3, 0.4) is 0 Å². The smallest absolute Gasteiger partial charge is 0.260 e. The largest absolute Gasteiger partial charge is 0.482 e. The van der Waals surface area contributed by atoms with Gasteiger partial charge < -0.3 is 15.4 Å². The Labute approximate surface area is 114 Å². The Hall–Kier alpha value is -1.71. The lowest BCUT2D eigenvalue weighted by molar-refractivity contribution is -0.133. The van der Waals surface area contributed by atoms with E-state index in [2.05, 4.69) is 6.92 Å². The first kappa shape index (κ1) is 13.7. The van der Waals surface area contributed by atoms with Crippen molar-refractivity contribution in [3.8, 4) is 5.75 Å². The molecule has 0 atom stereocenters. The van der Waals surface area contributed by atoms with Crippen LogP contribution in [0.5, 0.6) is 5.75 Å². The molecule has 0 radical (unpaired) electrons. The van der Waals surface area contributed by atoms with Crippen molar-refractivity contribution in [3.63, 3.8) is 0 Å². The zero-order chi connectivity index (χ0) is 13.8. The van der Waals surface area contributed by atoms with Gasteiger partial charge in [-0.1, -0.05) is 13.0 Å². The zero-order valence-electron chi connectivity index (χ0n) is 11.7. The van der Waals surface area contributed by atoms with Gasteiger partial charge in [0.1, 0.15) is 5.75 Å². The van der Waals surface area contributed by atoms with E-state index >= 15 is 0 Å². The molecule has 1 amide bonds. The summed E-state index contributed by atoms with van der Waals surface area (Å²) < 4.78 is 5.54. The number of nitrogens with zero attached hydrogens (tertiary/aromatic N) is 1. The third kappa shape index (κ3) is 3.40. The van der Waals surface area contributed by atoms with E-state index in [9.17, 15) is 4.79 Å². The van der Waals surface area contributed by atoms with Crippen LogP contribution in [0, 0.1) is 0 Å². The van der Waals surface area contributed by atoms with Crippen molar-refractivity contribution >= 4 is 11.6 Å². The SMILES string of the molecule is CCc1ccc(OCC(=O)N(CC)C2CC2)c(N)c1. The van der Waals surface area contributed by atoms with Gasteiger partial charge in [-0.05, 0) is 43.9 Å². The molecule has 2 N–H and O–H groups in total. The maximum Gasteiger partial charge on any atom is 0.260 e. The minimum Gasteiger partial charge on any atom is -0.482 e. The third-order valence-electron chi connectivity index (χ3n) is 3.48. The van der Waals surface area contributed by atoms with Gasteiger partial charge in [0.2, 0.25) is 0 Å². The van der Waals surface area contributed by atoms with Crippen molar-refractivity contribution in [1.29, 1.82) is 0 Å². The molecule has 0 heterocycles. The fraction of sp³-hybridized carbons (Fsp3) is 0.533. The average molecular weight is 262 g/mol. The van der Waals surface area contributed by atoms with Gasteiger partial charge in [0.05, 0.1) is 5.69 Å². The highest BCUT2D eigenvalue weighted by atomic mass is 16.5. The number of hydrogen-bond donors (Lipinski definition) is 1. The summed E-state index contributed by atoms with van der Waals surface area (Å²) in [6, 6.07) is 6.16. The average Bonchev–Trinajstić information content (AvgIpc) is 3.22. The van der Waals surface area contributed by atoms with Crippen molar-refractivity contribution in [1.82, 2.24) is 4.90 Å². The molecule has 4 nitrogen and oxygen atoms in total. The molecule has 104 valence electrons. The summed E-state index contributed by atoms with van der Waals surface area (Å²) in [6.45, 7) is 4.89. The molecule has 0 spiro atoms. The normalized spacial score (nSPS) is 14.2. The number of carbonyl (C=O) groups is 1. The maximum atomic E-state index is 12.0.